The van der Waals surface area contributed by atoms with Gasteiger partial charge in [-0.3, -0.25) is 0 Å². The van der Waals surface area contributed by atoms with Crippen LogP contribution in [0, 0.1) is 3.57 Å². The number of hydrogen-bond donors (Lipinski definition) is 1. The third kappa shape index (κ3) is 3.13. The molecule has 0 bridgehead atoms. The maximum Gasteiger partial charge on any atom is 0.128 e. The topological polar surface area (TPSA) is 29.9 Å². The van der Waals surface area contributed by atoms with Gasteiger partial charge < -0.3 is 9.88 Å². The van der Waals surface area contributed by atoms with Crippen LogP contribution in [0.25, 0.3) is 0 Å². The molecular formula is C12H13ClIN3. The Hall–Kier alpha value is -0.750. The molecular weight excluding hydrogens is 349 g/mol. The molecule has 0 radical (unpaired) electrons. The molecule has 0 spiro atoms. The molecule has 0 amide bonds. The Bertz CT molecular complexity index is 510. The molecule has 3 nitrogen and oxygen atoms in total. The summed E-state index contributed by atoms with van der Waals surface area (Å²) in [6.45, 7) is 3.77. The zero-order valence-corrected chi connectivity index (χ0v) is 12.4. The molecule has 1 aromatic heterocycles. The summed E-state index contributed by atoms with van der Waals surface area (Å²) in [6, 6.07) is 5.82. The fourth-order valence-electron chi connectivity index (χ4n) is 1.60. The lowest BCUT2D eigenvalue weighted by Crippen LogP contribution is -2.08. The van der Waals surface area contributed by atoms with Crippen LogP contribution in [-0.2, 0) is 13.1 Å². The number of rotatable bonds is 4. The summed E-state index contributed by atoms with van der Waals surface area (Å²) < 4.78 is 3.24. The molecule has 0 atom stereocenters. The smallest absolute Gasteiger partial charge is 0.128 e. The zero-order valence-electron chi connectivity index (χ0n) is 9.45. The van der Waals surface area contributed by atoms with Crippen molar-refractivity contribution in [1.29, 1.82) is 0 Å². The second-order valence-electron chi connectivity index (χ2n) is 3.61. The number of halogens is 2. The summed E-state index contributed by atoms with van der Waals surface area (Å²) in [5.41, 5.74) is 1.08. The van der Waals surface area contributed by atoms with Gasteiger partial charge in [0.05, 0.1) is 6.54 Å². The molecule has 0 fully saturated rings. The molecule has 2 rings (SSSR count). The maximum absolute atomic E-state index is 5.92. The van der Waals surface area contributed by atoms with Crippen LogP contribution in [0.4, 0.5) is 5.69 Å². The maximum atomic E-state index is 5.92. The molecule has 5 heteroatoms. The summed E-state index contributed by atoms with van der Waals surface area (Å²) in [6.07, 6.45) is 3.82. The van der Waals surface area contributed by atoms with Crippen molar-refractivity contribution in [2.45, 2.75) is 20.0 Å². The summed E-state index contributed by atoms with van der Waals surface area (Å²) in [5, 5.41) is 4.13. The molecule has 0 aliphatic heterocycles. The van der Waals surface area contributed by atoms with E-state index in [2.05, 4.69) is 44.4 Å². The van der Waals surface area contributed by atoms with Gasteiger partial charge in [-0.05, 0) is 47.7 Å². The predicted molar refractivity (Wildman–Crippen MR) is 79.4 cm³/mol. The third-order valence-corrected chi connectivity index (χ3v) is 3.64. The van der Waals surface area contributed by atoms with Crippen molar-refractivity contribution in [3.8, 4) is 0 Å². The van der Waals surface area contributed by atoms with Gasteiger partial charge in [0.25, 0.3) is 0 Å². The average Bonchev–Trinajstić information content (AvgIpc) is 2.75. The van der Waals surface area contributed by atoms with Crippen LogP contribution in [0.2, 0.25) is 5.02 Å². The Labute approximate surface area is 119 Å². The van der Waals surface area contributed by atoms with E-state index in [0.717, 1.165) is 33.2 Å². The largest absolute Gasteiger partial charge is 0.377 e. The van der Waals surface area contributed by atoms with Crippen molar-refractivity contribution in [2.75, 3.05) is 5.32 Å². The van der Waals surface area contributed by atoms with Crippen LogP contribution in [0.3, 0.4) is 0 Å². The van der Waals surface area contributed by atoms with Crippen LogP contribution < -0.4 is 5.32 Å². The summed E-state index contributed by atoms with van der Waals surface area (Å²) in [4.78, 5) is 4.32. The summed E-state index contributed by atoms with van der Waals surface area (Å²) >= 11 is 8.19. The minimum absolute atomic E-state index is 0.721. The lowest BCUT2D eigenvalue weighted by atomic mass is 10.3. The van der Waals surface area contributed by atoms with Gasteiger partial charge in [-0.25, -0.2) is 4.98 Å². The number of anilines is 1. The van der Waals surface area contributed by atoms with E-state index in [0.29, 0.717) is 0 Å². The van der Waals surface area contributed by atoms with E-state index >= 15 is 0 Å². The van der Waals surface area contributed by atoms with E-state index in [-0.39, 0.29) is 0 Å². The Morgan fingerprint density at radius 2 is 2.29 bits per heavy atom. The van der Waals surface area contributed by atoms with E-state index in [1.54, 1.807) is 0 Å². The second kappa shape index (κ2) is 5.73. The molecule has 1 heterocycles. The van der Waals surface area contributed by atoms with E-state index in [1.807, 2.05) is 30.6 Å². The number of nitrogens with zero attached hydrogens (tertiary/aromatic N) is 2. The first-order valence-corrected chi connectivity index (χ1v) is 6.85. The molecule has 1 aromatic carbocycles. The van der Waals surface area contributed by atoms with Crippen LogP contribution >= 0.6 is 34.2 Å². The Morgan fingerprint density at radius 3 is 3.00 bits per heavy atom. The lowest BCUT2D eigenvalue weighted by molar-refractivity contribution is 0.708. The monoisotopic (exact) mass is 361 g/mol. The Kier molecular flexibility index (Phi) is 4.28. The van der Waals surface area contributed by atoms with Crippen LogP contribution in [0.1, 0.15) is 12.7 Å². The number of aryl methyl sites for hydroxylation is 1. The van der Waals surface area contributed by atoms with Crippen molar-refractivity contribution >= 4 is 39.9 Å². The van der Waals surface area contributed by atoms with Crippen molar-refractivity contribution in [1.82, 2.24) is 9.55 Å². The van der Waals surface area contributed by atoms with Gasteiger partial charge in [-0.15, -0.1) is 0 Å². The number of nitrogens with one attached hydrogen (secondary N) is 1. The van der Waals surface area contributed by atoms with Crippen molar-refractivity contribution in [3.63, 3.8) is 0 Å². The SMILES string of the molecule is CCn1ccnc1CNc1ccc(Cl)cc1I. The lowest BCUT2D eigenvalue weighted by Gasteiger charge is -2.09. The minimum atomic E-state index is 0.721. The van der Waals surface area contributed by atoms with Crippen LogP contribution in [-0.4, -0.2) is 9.55 Å². The Morgan fingerprint density at radius 1 is 1.47 bits per heavy atom. The van der Waals surface area contributed by atoms with Gasteiger partial charge in [-0.2, -0.15) is 0 Å². The van der Waals surface area contributed by atoms with Gasteiger partial charge in [0.15, 0.2) is 0 Å². The first kappa shape index (κ1) is 12.7. The number of aromatic nitrogens is 2. The highest BCUT2D eigenvalue weighted by Crippen LogP contribution is 2.22. The quantitative estimate of drug-likeness (QED) is 0.840. The van der Waals surface area contributed by atoms with Gasteiger partial charge in [0.2, 0.25) is 0 Å². The van der Waals surface area contributed by atoms with Crippen molar-refractivity contribution < 1.29 is 0 Å². The molecule has 1 N–H and O–H groups in total. The zero-order chi connectivity index (χ0) is 12.3. The molecule has 17 heavy (non-hydrogen) atoms. The fourth-order valence-corrected chi connectivity index (χ4v) is 2.66. The molecule has 0 unspecified atom stereocenters. The van der Waals surface area contributed by atoms with Gasteiger partial charge >= 0.3 is 0 Å². The second-order valence-corrected chi connectivity index (χ2v) is 5.21. The van der Waals surface area contributed by atoms with E-state index < -0.39 is 0 Å². The third-order valence-electron chi connectivity index (χ3n) is 2.51. The molecule has 0 saturated carbocycles. The fraction of sp³-hybridized carbons (Fsp3) is 0.250. The molecule has 0 aliphatic rings. The first-order valence-electron chi connectivity index (χ1n) is 5.39. The predicted octanol–water partition coefficient (Wildman–Crippen LogP) is 3.77. The van der Waals surface area contributed by atoms with Crippen molar-refractivity contribution in [2.24, 2.45) is 0 Å². The normalized spacial score (nSPS) is 10.5. The van der Waals surface area contributed by atoms with Gasteiger partial charge in [0, 0.05) is 33.2 Å². The number of benzene rings is 1. The molecule has 2 aromatic rings. The molecule has 0 aliphatic carbocycles. The first-order chi connectivity index (χ1) is 8.20. The number of hydrogen-bond acceptors (Lipinski definition) is 2. The summed E-state index contributed by atoms with van der Waals surface area (Å²) in [5.74, 6) is 1.04. The summed E-state index contributed by atoms with van der Waals surface area (Å²) in [7, 11) is 0. The van der Waals surface area contributed by atoms with Crippen molar-refractivity contribution in [3.05, 3.63) is 45.0 Å². The average molecular weight is 362 g/mol. The van der Waals surface area contributed by atoms with Crippen LogP contribution in [0.5, 0.6) is 0 Å². The van der Waals surface area contributed by atoms with Crippen LogP contribution in [0.15, 0.2) is 30.6 Å². The van der Waals surface area contributed by atoms with E-state index in [4.69, 9.17) is 11.6 Å². The van der Waals surface area contributed by atoms with Gasteiger partial charge in [-0.1, -0.05) is 11.6 Å². The Balaban J connectivity index is 2.07. The highest BCUT2D eigenvalue weighted by atomic mass is 127. The standard InChI is InChI=1S/C12H13ClIN3/c1-2-17-6-5-15-12(17)8-16-11-4-3-9(13)7-10(11)14/h3-7,16H,2,8H2,1H3. The molecule has 0 saturated heterocycles. The number of imidazole rings is 1. The van der Waals surface area contributed by atoms with Gasteiger partial charge in [0.1, 0.15) is 5.82 Å². The minimum Gasteiger partial charge on any atom is -0.377 e. The van der Waals surface area contributed by atoms with E-state index in [9.17, 15) is 0 Å². The van der Waals surface area contributed by atoms with E-state index in [1.165, 1.54) is 0 Å². The highest BCUT2D eigenvalue weighted by Gasteiger charge is 2.03. The molecule has 90 valence electrons. The highest BCUT2D eigenvalue weighted by molar-refractivity contribution is 14.1.